The van der Waals surface area contributed by atoms with E-state index in [1.807, 2.05) is 36.9 Å². The number of anilines is 1. The van der Waals surface area contributed by atoms with E-state index in [1.54, 1.807) is 13.8 Å². The van der Waals surface area contributed by atoms with Gasteiger partial charge >= 0.3 is 0 Å². The minimum absolute atomic E-state index is 0.0741. The van der Waals surface area contributed by atoms with Gasteiger partial charge in [-0.3, -0.25) is 9.59 Å². The lowest BCUT2D eigenvalue weighted by Crippen LogP contribution is -2.49. The monoisotopic (exact) mass is 302 g/mol. The van der Waals surface area contributed by atoms with E-state index in [9.17, 15) is 9.59 Å². The predicted octanol–water partition coefficient (Wildman–Crippen LogP) is 3.28. The Bertz CT molecular complexity index is 572. The molecule has 1 aromatic carbocycles. The molecule has 0 saturated carbocycles. The van der Waals surface area contributed by atoms with Crippen LogP contribution >= 0.6 is 0 Å². The number of amides is 2. The lowest BCUT2D eigenvalue weighted by molar-refractivity contribution is -0.147. The van der Waals surface area contributed by atoms with Gasteiger partial charge in [0.25, 0.3) is 0 Å². The number of rotatable bonds is 3. The third kappa shape index (κ3) is 3.49. The van der Waals surface area contributed by atoms with Gasteiger partial charge in [-0.1, -0.05) is 12.1 Å². The number of nitrogens with one attached hydrogen (secondary N) is 1. The first-order valence-corrected chi connectivity index (χ1v) is 8.00. The number of hydrogen-bond acceptors (Lipinski definition) is 2. The predicted molar refractivity (Wildman–Crippen MR) is 88.8 cm³/mol. The second-order valence-electron chi connectivity index (χ2n) is 6.75. The average molecular weight is 302 g/mol. The van der Waals surface area contributed by atoms with Crippen molar-refractivity contribution < 1.29 is 9.59 Å². The molecule has 4 heteroatoms. The smallest absolute Gasteiger partial charge is 0.239 e. The van der Waals surface area contributed by atoms with E-state index in [0.29, 0.717) is 0 Å². The van der Waals surface area contributed by atoms with E-state index in [2.05, 4.69) is 5.32 Å². The lowest BCUT2D eigenvalue weighted by Gasteiger charge is -2.33. The molecule has 1 aromatic rings. The second-order valence-corrected chi connectivity index (χ2v) is 6.75. The Labute approximate surface area is 132 Å². The molecular weight excluding hydrogens is 276 g/mol. The van der Waals surface area contributed by atoms with Crippen LogP contribution in [0, 0.1) is 19.3 Å². The number of aryl methyl sites for hydroxylation is 2. The zero-order chi connectivity index (χ0) is 16.3. The Hall–Kier alpha value is -1.84. The van der Waals surface area contributed by atoms with Crippen molar-refractivity contribution in [2.24, 2.45) is 5.41 Å². The van der Waals surface area contributed by atoms with Gasteiger partial charge in [0.2, 0.25) is 11.8 Å². The fourth-order valence-electron chi connectivity index (χ4n) is 2.74. The van der Waals surface area contributed by atoms with Gasteiger partial charge in [0.15, 0.2) is 0 Å². The number of carbonyl (C=O) groups is 2. The van der Waals surface area contributed by atoms with Gasteiger partial charge in [-0.05, 0) is 64.2 Å². The Morgan fingerprint density at radius 1 is 1.09 bits per heavy atom. The molecule has 120 valence electrons. The zero-order valence-corrected chi connectivity index (χ0v) is 14.0. The van der Waals surface area contributed by atoms with Crippen molar-refractivity contribution in [2.75, 3.05) is 18.4 Å². The van der Waals surface area contributed by atoms with E-state index in [0.717, 1.165) is 42.7 Å². The summed E-state index contributed by atoms with van der Waals surface area (Å²) in [5, 5.41) is 2.92. The van der Waals surface area contributed by atoms with Crippen LogP contribution in [0.1, 0.15) is 44.2 Å². The molecule has 2 rings (SSSR count). The van der Waals surface area contributed by atoms with Crippen LogP contribution in [-0.4, -0.2) is 29.8 Å². The molecule has 1 fully saturated rings. The molecule has 0 atom stereocenters. The van der Waals surface area contributed by atoms with Crippen molar-refractivity contribution in [3.8, 4) is 0 Å². The largest absolute Gasteiger partial charge is 0.342 e. The molecule has 0 aliphatic carbocycles. The highest BCUT2D eigenvalue weighted by atomic mass is 16.2. The lowest BCUT2D eigenvalue weighted by atomic mass is 9.89. The van der Waals surface area contributed by atoms with E-state index in [4.69, 9.17) is 0 Å². The maximum absolute atomic E-state index is 12.7. The summed E-state index contributed by atoms with van der Waals surface area (Å²) in [6.45, 7) is 8.89. The van der Waals surface area contributed by atoms with Crippen molar-refractivity contribution in [2.45, 2.75) is 47.0 Å². The fourth-order valence-corrected chi connectivity index (χ4v) is 2.74. The normalized spacial score (nSPS) is 15.5. The molecular formula is C18H26N2O2. The summed E-state index contributed by atoms with van der Waals surface area (Å²) < 4.78 is 0. The van der Waals surface area contributed by atoms with E-state index >= 15 is 0 Å². The molecule has 0 aromatic heterocycles. The Morgan fingerprint density at radius 3 is 2.36 bits per heavy atom. The molecule has 1 N–H and O–H groups in total. The SMILES string of the molecule is Cc1ccc(C)c(NC(=O)C(C)(C)C(=O)N2CCCCC2)c1. The maximum Gasteiger partial charge on any atom is 0.239 e. The van der Waals surface area contributed by atoms with E-state index in [-0.39, 0.29) is 11.8 Å². The first-order chi connectivity index (χ1) is 10.3. The molecule has 22 heavy (non-hydrogen) atoms. The number of carbonyl (C=O) groups excluding carboxylic acids is 2. The van der Waals surface area contributed by atoms with Gasteiger partial charge in [-0.2, -0.15) is 0 Å². The minimum atomic E-state index is -1.05. The van der Waals surface area contributed by atoms with Gasteiger partial charge in [0.1, 0.15) is 5.41 Å². The number of nitrogens with zero attached hydrogens (tertiary/aromatic N) is 1. The van der Waals surface area contributed by atoms with Gasteiger partial charge in [0, 0.05) is 18.8 Å². The number of hydrogen-bond donors (Lipinski definition) is 1. The molecule has 1 saturated heterocycles. The maximum atomic E-state index is 12.7. The van der Waals surface area contributed by atoms with Crippen LogP contribution in [0.2, 0.25) is 0 Å². The quantitative estimate of drug-likeness (QED) is 0.871. The Morgan fingerprint density at radius 2 is 1.73 bits per heavy atom. The molecule has 0 spiro atoms. The van der Waals surface area contributed by atoms with Crippen LogP contribution in [0.15, 0.2) is 18.2 Å². The first kappa shape index (κ1) is 16.5. The highest BCUT2D eigenvalue weighted by molar-refractivity contribution is 6.10. The third-order valence-electron chi connectivity index (χ3n) is 4.39. The van der Waals surface area contributed by atoms with Gasteiger partial charge in [-0.25, -0.2) is 0 Å². The van der Waals surface area contributed by atoms with Crippen molar-refractivity contribution in [3.63, 3.8) is 0 Å². The molecule has 0 unspecified atom stereocenters. The highest BCUT2D eigenvalue weighted by Gasteiger charge is 2.39. The van der Waals surface area contributed by atoms with Crippen molar-refractivity contribution in [1.29, 1.82) is 0 Å². The molecule has 0 radical (unpaired) electrons. The van der Waals surface area contributed by atoms with Crippen LogP contribution in [0.5, 0.6) is 0 Å². The molecule has 2 amide bonds. The first-order valence-electron chi connectivity index (χ1n) is 8.00. The van der Waals surface area contributed by atoms with Crippen LogP contribution < -0.4 is 5.32 Å². The topological polar surface area (TPSA) is 49.4 Å². The second kappa shape index (κ2) is 6.51. The van der Waals surface area contributed by atoms with Crippen LogP contribution in [0.4, 0.5) is 5.69 Å². The van der Waals surface area contributed by atoms with Crippen molar-refractivity contribution >= 4 is 17.5 Å². The summed E-state index contributed by atoms with van der Waals surface area (Å²) in [5.41, 5.74) is 1.82. The van der Waals surface area contributed by atoms with Crippen LogP contribution in [-0.2, 0) is 9.59 Å². The molecule has 0 bridgehead atoms. The summed E-state index contributed by atoms with van der Waals surface area (Å²) in [6.07, 6.45) is 3.22. The minimum Gasteiger partial charge on any atom is -0.342 e. The van der Waals surface area contributed by atoms with Crippen molar-refractivity contribution in [3.05, 3.63) is 29.3 Å². The van der Waals surface area contributed by atoms with Gasteiger partial charge in [-0.15, -0.1) is 0 Å². The highest BCUT2D eigenvalue weighted by Crippen LogP contribution is 2.25. The summed E-state index contributed by atoms with van der Waals surface area (Å²) >= 11 is 0. The molecule has 1 aliphatic rings. The van der Waals surface area contributed by atoms with Crippen LogP contribution in [0.3, 0.4) is 0 Å². The summed E-state index contributed by atoms with van der Waals surface area (Å²) in [6, 6.07) is 5.92. The van der Waals surface area contributed by atoms with Crippen molar-refractivity contribution in [1.82, 2.24) is 4.90 Å². The van der Waals surface area contributed by atoms with Gasteiger partial charge < -0.3 is 10.2 Å². The Kier molecular flexibility index (Phi) is 4.89. The van der Waals surface area contributed by atoms with E-state index in [1.165, 1.54) is 6.42 Å². The van der Waals surface area contributed by atoms with Crippen LogP contribution in [0.25, 0.3) is 0 Å². The zero-order valence-electron chi connectivity index (χ0n) is 14.0. The third-order valence-corrected chi connectivity index (χ3v) is 4.39. The fraction of sp³-hybridized carbons (Fsp3) is 0.556. The van der Waals surface area contributed by atoms with Gasteiger partial charge in [0.05, 0.1) is 0 Å². The number of likely N-dealkylation sites (tertiary alicyclic amines) is 1. The summed E-state index contributed by atoms with van der Waals surface area (Å²) in [7, 11) is 0. The Balaban J connectivity index is 2.12. The number of piperidine rings is 1. The summed E-state index contributed by atoms with van der Waals surface area (Å²) in [5.74, 6) is -0.313. The summed E-state index contributed by atoms with van der Waals surface area (Å²) in [4.78, 5) is 27.1. The molecule has 4 nitrogen and oxygen atoms in total. The molecule has 1 heterocycles. The standard InChI is InChI=1S/C18H26N2O2/c1-13-8-9-14(2)15(12-13)19-16(21)18(3,4)17(22)20-10-6-5-7-11-20/h8-9,12H,5-7,10-11H2,1-4H3,(H,19,21). The van der Waals surface area contributed by atoms with E-state index < -0.39 is 5.41 Å². The number of benzene rings is 1. The average Bonchev–Trinajstić information content (AvgIpc) is 2.51. The molecule has 1 aliphatic heterocycles.